The van der Waals surface area contributed by atoms with Gasteiger partial charge in [0, 0.05) is 0 Å². The molecule has 2 amide bonds. The predicted octanol–water partition coefficient (Wildman–Crippen LogP) is 0.573. The van der Waals surface area contributed by atoms with Crippen molar-refractivity contribution >= 4 is 11.8 Å². The standard InChI is InChI=1S/C15H23N3O2/c1-3-10(2)13(14(17)19)18-15(20)12(16)9-11-7-5-4-6-8-11/h4-8,10,12-13H,3,9,16H2,1-2H3,(H2,17,19)(H,18,20). The summed E-state index contributed by atoms with van der Waals surface area (Å²) in [7, 11) is 0. The van der Waals surface area contributed by atoms with E-state index in [0.717, 1.165) is 12.0 Å². The molecule has 5 nitrogen and oxygen atoms in total. The maximum absolute atomic E-state index is 12.0. The summed E-state index contributed by atoms with van der Waals surface area (Å²) in [4.78, 5) is 23.4. The molecule has 0 fully saturated rings. The topological polar surface area (TPSA) is 98.2 Å². The van der Waals surface area contributed by atoms with Gasteiger partial charge in [0.1, 0.15) is 6.04 Å². The van der Waals surface area contributed by atoms with E-state index in [1.54, 1.807) is 0 Å². The summed E-state index contributed by atoms with van der Waals surface area (Å²) in [5.41, 5.74) is 12.2. The van der Waals surface area contributed by atoms with E-state index in [1.165, 1.54) is 0 Å². The van der Waals surface area contributed by atoms with Crippen LogP contribution in [0, 0.1) is 5.92 Å². The average molecular weight is 277 g/mol. The monoisotopic (exact) mass is 277 g/mol. The second-order valence-corrected chi connectivity index (χ2v) is 5.07. The van der Waals surface area contributed by atoms with E-state index >= 15 is 0 Å². The van der Waals surface area contributed by atoms with Gasteiger partial charge in [0.05, 0.1) is 6.04 Å². The van der Waals surface area contributed by atoms with Gasteiger partial charge in [-0.15, -0.1) is 0 Å². The molecule has 5 heteroatoms. The normalized spacial score (nSPS) is 15.2. The molecule has 3 atom stereocenters. The zero-order valence-electron chi connectivity index (χ0n) is 12.0. The van der Waals surface area contributed by atoms with Gasteiger partial charge in [-0.3, -0.25) is 9.59 Å². The molecule has 1 aromatic rings. The van der Waals surface area contributed by atoms with Crippen molar-refractivity contribution in [3.05, 3.63) is 35.9 Å². The summed E-state index contributed by atoms with van der Waals surface area (Å²) >= 11 is 0. The van der Waals surface area contributed by atoms with Gasteiger partial charge in [0.15, 0.2) is 0 Å². The highest BCUT2D eigenvalue weighted by molar-refractivity contribution is 5.89. The summed E-state index contributed by atoms with van der Waals surface area (Å²) in [5, 5.41) is 2.65. The maximum atomic E-state index is 12.0. The van der Waals surface area contributed by atoms with Crippen LogP contribution < -0.4 is 16.8 Å². The lowest BCUT2D eigenvalue weighted by atomic mass is 9.97. The Bertz CT molecular complexity index is 448. The van der Waals surface area contributed by atoms with Crippen molar-refractivity contribution in [2.75, 3.05) is 0 Å². The van der Waals surface area contributed by atoms with Crippen LogP contribution in [0.3, 0.4) is 0 Å². The van der Waals surface area contributed by atoms with E-state index in [2.05, 4.69) is 5.32 Å². The summed E-state index contributed by atoms with van der Waals surface area (Å²) < 4.78 is 0. The minimum atomic E-state index is -0.691. The van der Waals surface area contributed by atoms with Crippen molar-refractivity contribution in [3.63, 3.8) is 0 Å². The second-order valence-electron chi connectivity index (χ2n) is 5.07. The number of hydrogen-bond donors (Lipinski definition) is 3. The van der Waals surface area contributed by atoms with Gasteiger partial charge >= 0.3 is 0 Å². The third-order valence-electron chi connectivity index (χ3n) is 3.45. The summed E-state index contributed by atoms with van der Waals surface area (Å²) in [6, 6.07) is 8.15. The molecule has 3 unspecified atom stereocenters. The van der Waals surface area contributed by atoms with Crippen LogP contribution >= 0.6 is 0 Å². The zero-order chi connectivity index (χ0) is 15.1. The smallest absolute Gasteiger partial charge is 0.240 e. The van der Waals surface area contributed by atoms with Crippen LogP contribution in [0.4, 0.5) is 0 Å². The van der Waals surface area contributed by atoms with E-state index in [0.29, 0.717) is 6.42 Å². The Morgan fingerprint density at radius 1 is 1.25 bits per heavy atom. The van der Waals surface area contributed by atoms with Gasteiger partial charge < -0.3 is 16.8 Å². The Hall–Kier alpha value is -1.88. The largest absolute Gasteiger partial charge is 0.368 e. The quantitative estimate of drug-likeness (QED) is 0.679. The lowest BCUT2D eigenvalue weighted by Crippen LogP contribution is -2.53. The SMILES string of the molecule is CCC(C)C(NC(=O)C(N)Cc1ccccc1)C(N)=O. The molecule has 5 N–H and O–H groups in total. The number of carbonyl (C=O) groups excluding carboxylic acids is 2. The minimum absolute atomic E-state index is 0.0135. The van der Waals surface area contributed by atoms with Gasteiger partial charge in [-0.2, -0.15) is 0 Å². The molecule has 110 valence electrons. The van der Waals surface area contributed by atoms with Gasteiger partial charge in [-0.25, -0.2) is 0 Å². The van der Waals surface area contributed by atoms with Crippen molar-refractivity contribution < 1.29 is 9.59 Å². The van der Waals surface area contributed by atoms with E-state index in [9.17, 15) is 9.59 Å². The molecule has 0 aromatic heterocycles. The predicted molar refractivity (Wildman–Crippen MR) is 78.7 cm³/mol. The van der Waals surface area contributed by atoms with E-state index in [1.807, 2.05) is 44.2 Å². The van der Waals surface area contributed by atoms with Crippen LogP contribution in [-0.4, -0.2) is 23.9 Å². The summed E-state index contributed by atoms with van der Waals surface area (Å²) in [5.74, 6) is -0.891. The van der Waals surface area contributed by atoms with Gasteiger partial charge in [-0.1, -0.05) is 50.6 Å². The molecule has 0 aliphatic rings. The third-order valence-corrected chi connectivity index (χ3v) is 3.45. The van der Waals surface area contributed by atoms with Crippen molar-refractivity contribution in [1.82, 2.24) is 5.32 Å². The van der Waals surface area contributed by atoms with E-state index in [-0.39, 0.29) is 11.8 Å². The minimum Gasteiger partial charge on any atom is -0.368 e. The lowest BCUT2D eigenvalue weighted by Gasteiger charge is -2.23. The first-order valence-corrected chi connectivity index (χ1v) is 6.84. The highest BCUT2D eigenvalue weighted by Gasteiger charge is 2.25. The van der Waals surface area contributed by atoms with Gasteiger partial charge in [0.25, 0.3) is 0 Å². The maximum Gasteiger partial charge on any atom is 0.240 e. The number of rotatable bonds is 7. The van der Waals surface area contributed by atoms with Crippen LogP contribution in [0.5, 0.6) is 0 Å². The molecule has 0 radical (unpaired) electrons. The first-order valence-electron chi connectivity index (χ1n) is 6.84. The molecule has 0 aliphatic heterocycles. The summed E-state index contributed by atoms with van der Waals surface area (Å²) in [6.07, 6.45) is 1.18. The van der Waals surface area contributed by atoms with Gasteiger partial charge in [-0.05, 0) is 17.9 Å². The average Bonchev–Trinajstić information content (AvgIpc) is 2.44. The number of hydrogen-bond acceptors (Lipinski definition) is 3. The number of nitrogens with two attached hydrogens (primary N) is 2. The van der Waals surface area contributed by atoms with Crippen molar-refractivity contribution in [2.45, 2.75) is 38.8 Å². The van der Waals surface area contributed by atoms with E-state index in [4.69, 9.17) is 11.5 Å². The Morgan fingerprint density at radius 2 is 1.85 bits per heavy atom. The first-order chi connectivity index (χ1) is 9.45. The number of carbonyl (C=O) groups is 2. The van der Waals surface area contributed by atoms with Crippen LogP contribution in [0.25, 0.3) is 0 Å². The fraction of sp³-hybridized carbons (Fsp3) is 0.467. The third kappa shape index (κ3) is 4.66. The van der Waals surface area contributed by atoms with Crippen LogP contribution in [-0.2, 0) is 16.0 Å². The first kappa shape index (κ1) is 16.2. The van der Waals surface area contributed by atoms with E-state index < -0.39 is 18.0 Å². The molecular weight excluding hydrogens is 254 g/mol. The lowest BCUT2D eigenvalue weighted by molar-refractivity contribution is -0.129. The Labute approximate surface area is 119 Å². The fourth-order valence-corrected chi connectivity index (χ4v) is 1.95. The van der Waals surface area contributed by atoms with Gasteiger partial charge in [0.2, 0.25) is 11.8 Å². The number of primary amides is 1. The van der Waals surface area contributed by atoms with Crippen molar-refractivity contribution in [1.29, 1.82) is 0 Å². The molecule has 0 saturated heterocycles. The van der Waals surface area contributed by atoms with Crippen LogP contribution in [0.1, 0.15) is 25.8 Å². The molecule has 0 aliphatic carbocycles. The molecule has 1 rings (SSSR count). The Morgan fingerprint density at radius 3 is 2.35 bits per heavy atom. The highest BCUT2D eigenvalue weighted by Crippen LogP contribution is 2.08. The van der Waals surface area contributed by atoms with Crippen molar-refractivity contribution in [3.8, 4) is 0 Å². The molecule has 0 spiro atoms. The number of amides is 2. The molecule has 0 heterocycles. The molecule has 20 heavy (non-hydrogen) atoms. The van der Waals surface area contributed by atoms with Crippen molar-refractivity contribution in [2.24, 2.45) is 17.4 Å². The number of nitrogens with one attached hydrogen (secondary N) is 1. The molecule has 0 bridgehead atoms. The number of benzene rings is 1. The second kappa shape index (κ2) is 7.65. The summed E-state index contributed by atoms with van der Waals surface area (Å²) in [6.45, 7) is 3.81. The van der Waals surface area contributed by atoms with Crippen LogP contribution in [0.2, 0.25) is 0 Å². The zero-order valence-corrected chi connectivity index (χ0v) is 12.0. The van der Waals surface area contributed by atoms with Crippen LogP contribution in [0.15, 0.2) is 30.3 Å². The fourth-order valence-electron chi connectivity index (χ4n) is 1.95. The Balaban J connectivity index is 2.62. The molecule has 0 saturated carbocycles. The highest BCUT2D eigenvalue weighted by atomic mass is 16.2. The molecular formula is C15H23N3O2. The Kier molecular flexibility index (Phi) is 6.18. The molecule has 1 aromatic carbocycles.